The summed E-state index contributed by atoms with van der Waals surface area (Å²) in [6.45, 7) is 6.22. The van der Waals surface area contributed by atoms with Crippen molar-refractivity contribution in [1.29, 1.82) is 0 Å². The largest absolute Gasteiger partial charge is 0.312 e. The van der Waals surface area contributed by atoms with Gasteiger partial charge in [0, 0.05) is 17.6 Å². The average molecular weight is 290 g/mol. The first-order valence-electron chi connectivity index (χ1n) is 6.72. The van der Waals surface area contributed by atoms with Gasteiger partial charge in [-0.25, -0.2) is 9.37 Å². The van der Waals surface area contributed by atoms with Gasteiger partial charge in [0.25, 0.3) is 0 Å². The molecule has 2 aromatic rings. The van der Waals surface area contributed by atoms with Crippen LogP contribution in [0.2, 0.25) is 0 Å². The summed E-state index contributed by atoms with van der Waals surface area (Å²) in [5.41, 5.74) is 1.18. The topological polar surface area (TPSA) is 24.9 Å². The summed E-state index contributed by atoms with van der Waals surface area (Å²) in [5, 5.41) is 4.31. The minimum Gasteiger partial charge on any atom is -0.312 e. The number of benzene rings is 1. The SMILES string of the molecule is CC(C)CNCc1ccc(Sc2ccc(F)cc2)nc1. The van der Waals surface area contributed by atoms with Crippen molar-refractivity contribution in [2.75, 3.05) is 6.54 Å². The van der Waals surface area contributed by atoms with E-state index in [0.717, 1.165) is 23.0 Å². The van der Waals surface area contributed by atoms with Crippen molar-refractivity contribution >= 4 is 11.8 Å². The molecule has 0 aliphatic carbocycles. The van der Waals surface area contributed by atoms with E-state index in [1.54, 1.807) is 12.1 Å². The van der Waals surface area contributed by atoms with Gasteiger partial charge in [0.1, 0.15) is 10.8 Å². The highest BCUT2D eigenvalue weighted by atomic mass is 32.2. The third kappa shape index (κ3) is 4.94. The molecular weight excluding hydrogens is 271 g/mol. The van der Waals surface area contributed by atoms with Crippen molar-refractivity contribution in [2.45, 2.75) is 30.3 Å². The third-order valence-electron chi connectivity index (χ3n) is 2.72. The van der Waals surface area contributed by atoms with Crippen molar-refractivity contribution in [3.8, 4) is 0 Å². The molecule has 1 aromatic heterocycles. The monoisotopic (exact) mass is 290 g/mol. The fourth-order valence-electron chi connectivity index (χ4n) is 1.70. The zero-order chi connectivity index (χ0) is 14.4. The van der Waals surface area contributed by atoms with Gasteiger partial charge in [-0.05, 0) is 48.4 Å². The van der Waals surface area contributed by atoms with Gasteiger partial charge < -0.3 is 5.32 Å². The molecule has 0 aliphatic heterocycles. The normalized spacial score (nSPS) is 11.0. The molecule has 20 heavy (non-hydrogen) atoms. The first-order valence-corrected chi connectivity index (χ1v) is 7.54. The maximum Gasteiger partial charge on any atom is 0.123 e. The Morgan fingerprint density at radius 1 is 1.15 bits per heavy atom. The van der Waals surface area contributed by atoms with Crippen LogP contribution >= 0.6 is 11.8 Å². The van der Waals surface area contributed by atoms with Crippen molar-refractivity contribution in [1.82, 2.24) is 10.3 Å². The molecule has 1 aromatic carbocycles. The van der Waals surface area contributed by atoms with Crippen LogP contribution in [0, 0.1) is 11.7 Å². The summed E-state index contributed by atoms with van der Waals surface area (Å²) >= 11 is 1.54. The number of aromatic nitrogens is 1. The van der Waals surface area contributed by atoms with E-state index in [-0.39, 0.29) is 5.82 Å². The summed E-state index contributed by atoms with van der Waals surface area (Å²) in [6.07, 6.45) is 1.89. The standard InChI is InChI=1S/C16H19FN2S/c1-12(2)9-18-10-13-3-8-16(19-11-13)20-15-6-4-14(17)5-7-15/h3-8,11-12,18H,9-10H2,1-2H3. The van der Waals surface area contributed by atoms with Crippen LogP contribution in [0.15, 0.2) is 52.5 Å². The van der Waals surface area contributed by atoms with E-state index < -0.39 is 0 Å². The van der Waals surface area contributed by atoms with E-state index in [1.165, 1.54) is 29.5 Å². The smallest absolute Gasteiger partial charge is 0.123 e. The Labute approximate surface area is 123 Å². The molecule has 1 heterocycles. The van der Waals surface area contributed by atoms with Crippen LogP contribution in [-0.4, -0.2) is 11.5 Å². The Bertz CT molecular complexity index is 523. The van der Waals surface area contributed by atoms with E-state index >= 15 is 0 Å². The van der Waals surface area contributed by atoms with Crippen LogP contribution < -0.4 is 5.32 Å². The predicted molar refractivity (Wildman–Crippen MR) is 81.3 cm³/mol. The Balaban J connectivity index is 1.89. The van der Waals surface area contributed by atoms with Gasteiger partial charge in [0.2, 0.25) is 0 Å². The van der Waals surface area contributed by atoms with Crippen LogP contribution in [0.4, 0.5) is 4.39 Å². The van der Waals surface area contributed by atoms with E-state index in [4.69, 9.17) is 0 Å². The van der Waals surface area contributed by atoms with E-state index in [1.807, 2.05) is 12.3 Å². The molecule has 2 nitrogen and oxygen atoms in total. The summed E-state index contributed by atoms with van der Waals surface area (Å²) in [5.74, 6) is 0.435. The lowest BCUT2D eigenvalue weighted by molar-refractivity contribution is 0.551. The Morgan fingerprint density at radius 2 is 1.90 bits per heavy atom. The molecule has 0 saturated carbocycles. The number of hydrogen-bond acceptors (Lipinski definition) is 3. The highest BCUT2D eigenvalue weighted by molar-refractivity contribution is 7.99. The fraction of sp³-hybridized carbons (Fsp3) is 0.312. The van der Waals surface area contributed by atoms with Crippen LogP contribution in [0.3, 0.4) is 0 Å². The lowest BCUT2D eigenvalue weighted by atomic mass is 10.2. The number of nitrogens with zero attached hydrogens (tertiary/aromatic N) is 1. The van der Waals surface area contributed by atoms with Crippen molar-refractivity contribution < 1.29 is 4.39 Å². The molecule has 0 radical (unpaired) electrons. The Kier molecular flexibility index (Phi) is 5.56. The number of nitrogens with one attached hydrogen (secondary N) is 1. The predicted octanol–water partition coefficient (Wildman–Crippen LogP) is 4.12. The molecule has 0 aliphatic rings. The lowest BCUT2D eigenvalue weighted by Gasteiger charge is -2.07. The second-order valence-electron chi connectivity index (χ2n) is 5.09. The molecule has 4 heteroatoms. The van der Waals surface area contributed by atoms with Gasteiger partial charge in [0.15, 0.2) is 0 Å². The average Bonchev–Trinajstić information content (AvgIpc) is 2.43. The molecule has 0 unspecified atom stereocenters. The van der Waals surface area contributed by atoms with Gasteiger partial charge in [-0.3, -0.25) is 0 Å². The summed E-state index contributed by atoms with van der Waals surface area (Å²) in [4.78, 5) is 5.41. The van der Waals surface area contributed by atoms with Gasteiger partial charge in [-0.1, -0.05) is 31.7 Å². The second-order valence-corrected chi connectivity index (χ2v) is 6.18. The van der Waals surface area contributed by atoms with Crippen molar-refractivity contribution in [3.63, 3.8) is 0 Å². The third-order valence-corrected chi connectivity index (χ3v) is 3.67. The van der Waals surface area contributed by atoms with Gasteiger partial charge >= 0.3 is 0 Å². The highest BCUT2D eigenvalue weighted by Crippen LogP contribution is 2.25. The molecular formula is C16H19FN2S. The van der Waals surface area contributed by atoms with Crippen LogP contribution in [0.25, 0.3) is 0 Å². The maximum absolute atomic E-state index is 12.8. The van der Waals surface area contributed by atoms with Crippen molar-refractivity contribution in [2.24, 2.45) is 5.92 Å². The first kappa shape index (κ1) is 15.0. The molecule has 0 saturated heterocycles. The molecule has 2 rings (SSSR count). The zero-order valence-electron chi connectivity index (χ0n) is 11.8. The first-order chi connectivity index (χ1) is 9.63. The summed E-state index contributed by atoms with van der Waals surface area (Å²) < 4.78 is 12.8. The summed E-state index contributed by atoms with van der Waals surface area (Å²) in [6, 6.07) is 10.5. The van der Waals surface area contributed by atoms with Crippen LogP contribution in [-0.2, 0) is 6.54 Å². The van der Waals surface area contributed by atoms with Gasteiger partial charge in [-0.2, -0.15) is 0 Å². The van der Waals surface area contributed by atoms with E-state index in [0.29, 0.717) is 5.92 Å². The molecule has 0 bridgehead atoms. The van der Waals surface area contributed by atoms with E-state index in [9.17, 15) is 4.39 Å². The molecule has 0 amide bonds. The number of halogens is 1. The quantitative estimate of drug-likeness (QED) is 0.866. The van der Waals surface area contributed by atoms with Gasteiger partial charge in [-0.15, -0.1) is 0 Å². The number of rotatable bonds is 6. The van der Waals surface area contributed by atoms with Crippen molar-refractivity contribution in [3.05, 3.63) is 54.0 Å². The maximum atomic E-state index is 12.8. The number of hydrogen-bond donors (Lipinski definition) is 1. The Hall–Kier alpha value is -1.39. The zero-order valence-corrected chi connectivity index (χ0v) is 12.6. The Morgan fingerprint density at radius 3 is 2.50 bits per heavy atom. The molecule has 1 N–H and O–H groups in total. The minimum atomic E-state index is -0.214. The van der Waals surface area contributed by atoms with Gasteiger partial charge in [0.05, 0.1) is 0 Å². The van der Waals surface area contributed by atoms with Crippen LogP contribution in [0.5, 0.6) is 0 Å². The molecule has 106 valence electrons. The lowest BCUT2D eigenvalue weighted by Crippen LogP contribution is -2.18. The minimum absolute atomic E-state index is 0.214. The van der Waals surface area contributed by atoms with Crippen LogP contribution in [0.1, 0.15) is 19.4 Å². The second kappa shape index (κ2) is 7.41. The summed E-state index contributed by atoms with van der Waals surface area (Å²) in [7, 11) is 0. The molecule has 0 fully saturated rings. The molecule has 0 atom stereocenters. The highest BCUT2D eigenvalue weighted by Gasteiger charge is 2.00. The molecule has 0 spiro atoms. The number of pyridine rings is 1. The fourth-order valence-corrected chi connectivity index (χ4v) is 2.46. The van der Waals surface area contributed by atoms with E-state index in [2.05, 4.69) is 30.2 Å².